The molecule has 4 aromatic rings. The van der Waals surface area contributed by atoms with Crippen molar-refractivity contribution in [3.05, 3.63) is 78.2 Å². The highest BCUT2D eigenvalue weighted by Gasteiger charge is 2.18. The third-order valence-electron chi connectivity index (χ3n) is 5.71. The fourth-order valence-corrected chi connectivity index (χ4v) is 4.02. The van der Waals surface area contributed by atoms with Crippen molar-refractivity contribution in [3.63, 3.8) is 0 Å². The maximum absolute atomic E-state index is 12.5. The topological polar surface area (TPSA) is 72.6 Å². The molecule has 1 aliphatic heterocycles. The molecule has 7 heteroatoms. The maximum Gasteiger partial charge on any atom is 0.162 e. The molecule has 0 aliphatic carbocycles. The van der Waals surface area contributed by atoms with Gasteiger partial charge in [0.2, 0.25) is 0 Å². The van der Waals surface area contributed by atoms with Gasteiger partial charge in [0.1, 0.15) is 5.82 Å². The van der Waals surface area contributed by atoms with E-state index in [0.29, 0.717) is 19.6 Å². The number of hydrogen-bond acceptors (Lipinski definition) is 6. The minimum atomic E-state index is 0.171. The molecule has 0 atom stereocenters. The molecule has 4 heterocycles. The molecular formula is C25H25N5O2. The zero-order valence-corrected chi connectivity index (χ0v) is 17.9. The highest BCUT2D eigenvalue weighted by atomic mass is 16.5. The van der Waals surface area contributed by atoms with E-state index in [-0.39, 0.29) is 5.78 Å². The van der Waals surface area contributed by atoms with Crippen molar-refractivity contribution in [1.82, 2.24) is 19.6 Å². The van der Waals surface area contributed by atoms with Crippen LogP contribution in [0.25, 0.3) is 16.9 Å². The van der Waals surface area contributed by atoms with Crippen LogP contribution in [-0.4, -0.2) is 51.7 Å². The van der Waals surface area contributed by atoms with E-state index >= 15 is 0 Å². The number of carbonyl (C=O) groups excluding carboxylic acids is 1. The number of pyridine rings is 1. The molecule has 3 aromatic heterocycles. The summed E-state index contributed by atoms with van der Waals surface area (Å²) in [6, 6.07) is 17.5. The number of nitrogens with zero attached hydrogens (tertiary/aromatic N) is 5. The first kappa shape index (κ1) is 20.3. The summed E-state index contributed by atoms with van der Waals surface area (Å²) in [6.45, 7) is 3.03. The van der Waals surface area contributed by atoms with E-state index in [0.717, 1.165) is 59.9 Å². The van der Waals surface area contributed by atoms with Gasteiger partial charge in [0.15, 0.2) is 11.4 Å². The van der Waals surface area contributed by atoms with Gasteiger partial charge in [-0.1, -0.05) is 30.3 Å². The summed E-state index contributed by atoms with van der Waals surface area (Å²) in [5.41, 5.74) is 4.42. The van der Waals surface area contributed by atoms with Crippen LogP contribution in [-0.2, 0) is 11.2 Å². The van der Waals surface area contributed by atoms with Gasteiger partial charge in [-0.25, -0.2) is 4.98 Å². The third-order valence-corrected chi connectivity index (χ3v) is 5.71. The second-order valence-electron chi connectivity index (χ2n) is 7.88. The Bertz CT molecular complexity index is 1200. The molecule has 1 fully saturated rings. The number of hydrogen-bond donors (Lipinski definition) is 0. The molecule has 1 aliphatic rings. The minimum Gasteiger partial charge on any atom is -0.378 e. The molecule has 0 radical (unpaired) electrons. The van der Waals surface area contributed by atoms with E-state index in [1.165, 1.54) is 0 Å². The standard InChI is InChI=1S/C25H25N5O2/c31-23(20-5-2-1-3-6-20)8-4-7-21-17-25(29-13-15-32-16-14-29)30-24(27-21)18-22(28-30)19-9-11-26-12-10-19/h1-3,5-6,9-12,17-18H,4,7-8,13-16H2. The number of Topliss-reactive ketones (excluding diaryl/α,β-unsaturated/α-hetero) is 1. The van der Waals surface area contributed by atoms with Crippen LogP contribution in [0.4, 0.5) is 5.82 Å². The summed E-state index contributed by atoms with van der Waals surface area (Å²) < 4.78 is 7.46. The van der Waals surface area contributed by atoms with Crippen molar-refractivity contribution in [2.75, 3.05) is 31.2 Å². The monoisotopic (exact) mass is 427 g/mol. The van der Waals surface area contributed by atoms with Gasteiger partial charge >= 0.3 is 0 Å². The van der Waals surface area contributed by atoms with E-state index in [4.69, 9.17) is 14.8 Å². The first-order chi connectivity index (χ1) is 15.8. The van der Waals surface area contributed by atoms with E-state index in [2.05, 4.69) is 16.0 Å². The summed E-state index contributed by atoms with van der Waals surface area (Å²) in [7, 11) is 0. The Labute approximate surface area is 186 Å². The quantitative estimate of drug-likeness (QED) is 0.418. The van der Waals surface area contributed by atoms with Crippen LogP contribution in [0.5, 0.6) is 0 Å². The summed E-state index contributed by atoms with van der Waals surface area (Å²) in [6.07, 6.45) is 5.54. The van der Waals surface area contributed by atoms with Gasteiger partial charge in [-0.3, -0.25) is 9.78 Å². The van der Waals surface area contributed by atoms with Crippen LogP contribution in [0.15, 0.2) is 67.0 Å². The summed E-state index contributed by atoms with van der Waals surface area (Å²) in [5, 5.41) is 4.84. The van der Waals surface area contributed by atoms with E-state index < -0.39 is 0 Å². The molecule has 5 rings (SSSR count). The first-order valence-corrected chi connectivity index (χ1v) is 11.0. The van der Waals surface area contributed by atoms with Gasteiger partial charge in [0.05, 0.1) is 18.9 Å². The first-order valence-electron chi connectivity index (χ1n) is 11.0. The lowest BCUT2D eigenvalue weighted by molar-refractivity contribution is 0.0980. The SMILES string of the molecule is O=C(CCCc1cc(N2CCOCC2)n2nc(-c3ccncc3)cc2n1)c1ccccc1. The van der Waals surface area contributed by atoms with E-state index in [1.54, 1.807) is 12.4 Å². The van der Waals surface area contributed by atoms with Crippen molar-refractivity contribution >= 4 is 17.2 Å². The summed E-state index contributed by atoms with van der Waals surface area (Å²) in [4.78, 5) is 23.7. The Hall–Kier alpha value is -3.58. The van der Waals surface area contributed by atoms with Gasteiger partial charge in [0.25, 0.3) is 0 Å². The normalized spacial score (nSPS) is 14.1. The van der Waals surface area contributed by atoms with Gasteiger partial charge in [-0.15, -0.1) is 0 Å². The number of aryl methyl sites for hydroxylation is 1. The van der Waals surface area contributed by atoms with Crippen LogP contribution in [0.3, 0.4) is 0 Å². The Balaban J connectivity index is 1.41. The molecule has 0 unspecified atom stereocenters. The van der Waals surface area contributed by atoms with Crippen LogP contribution in [0.1, 0.15) is 28.9 Å². The number of fused-ring (bicyclic) bond motifs is 1. The van der Waals surface area contributed by atoms with Gasteiger partial charge in [-0.05, 0) is 25.0 Å². The highest BCUT2D eigenvalue weighted by molar-refractivity contribution is 5.95. The van der Waals surface area contributed by atoms with Crippen LogP contribution < -0.4 is 4.90 Å². The lowest BCUT2D eigenvalue weighted by Gasteiger charge is -2.29. The number of morpholine rings is 1. The zero-order chi connectivity index (χ0) is 21.8. The lowest BCUT2D eigenvalue weighted by atomic mass is 10.0. The van der Waals surface area contributed by atoms with E-state index in [9.17, 15) is 4.79 Å². The molecule has 0 N–H and O–H groups in total. The average molecular weight is 428 g/mol. The minimum absolute atomic E-state index is 0.171. The van der Waals surface area contributed by atoms with Gasteiger partial charge < -0.3 is 9.64 Å². The lowest BCUT2D eigenvalue weighted by Crippen LogP contribution is -2.37. The molecule has 7 nitrogen and oxygen atoms in total. The van der Waals surface area contributed by atoms with Crippen LogP contribution in [0.2, 0.25) is 0 Å². The molecule has 0 amide bonds. The Morgan fingerprint density at radius 2 is 1.78 bits per heavy atom. The van der Waals surface area contributed by atoms with Crippen LogP contribution >= 0.6 is 0 Å². The Morgan fingerprint density at radius 3 is 2.56 bits per heavy atom. The molecule has 0 spiro atoms. The average Bonchev–Trinajstić information content (AvgIpc) is 3.29. The summed E-state index contributed by atoms with van der Waals surface area (Å²) in [5.74, 6) is 1.19. The van der Waals surface area contributed by atoms with Crippen molar-refractivity contribution in [3.8, 4) is 11.3 Å². The van der Waals surface area contributed by atoms with Gasteiger partial charge in [0, 0.05) is 60.9 Å². The molecule has 0 saturated carbocycles. The van der Waals surface area contributed by atoms with Crippen molar-refractivity contribution in [1.29, 1.82) is 0 Å². The number of aromatic nitrogens is 4. The molecule has 1 saturated heterocycles. The number of ether oxygens (including phenoxy) is 1. The van der Waals surface area contributed by atoms with Crippen molar-refractivity contribution in [2.24, 2.45) is 0 Å². The summed E-state index contributed by atoms with van der Waals surface area (Å²) >= 11 is 0. The number of rotatable bonds is 7. The largest absolute Gasteiger partial charge is 0.378 e. The van der Waals surface area contributed by atoms with Gasteiger partial charge in [-0.2, -0.15) is 9.61 Å². The molecule has 0 bridgehead atoms. The smallest absolute Gasteiger partial charge is 0.162 e. The molecule has 162 valence electrons. The second-order valence-corrected chi connectivity index (χ2v) is 7.88. The predicted molar refractivity (Wildman–Crippen MR) is 123 cm³/mol. The highest BCUT2D eigenvalue weighted by Crippen LogP contribution is 2.24. The second kappa shape index (κ2) is 9.28. The molecular weight excluding hydrogens is 402 g/mol. The fourth-order valence-electron chi connectivity index (χ4n) is 4.02. The number of ketones is 1. The van der Waals surface area contributed by atoms with Crippen molar-refractivity contribution in [2.45, 2.75) is 19.3 Å². The number of benzene rings is 1. The van der Waals surface area contributed by atoms with E-state index in [1.807, 2.05) is 53.0 Å². The molecule has 32 heavy (non-hydrogen) atoms. The zero-order valence-electron chi connectivity index (χ0n) is 17.9. The maximum atomic E-state index is 12.5. The predicted octanol–water partition coefficient (Wildman–Crippen LogP) is 3.83. The van der Waals surface area contributed by atoms with Crippen molar-refractivity contribution < 1.29 is 9.53 Å². The number of anilines is 1. The Morgan fingerprint density at radius 1 is 1.00 bits per heavy atom. The number of carbonyl (C=O) groups is 1. The Kier molecular flexibility index (Phi) is 5.89. The molecule has 1 aromatic carbocycles. The van der Waals surface area contributed by atoms with Crippen LogP contribution in [0, 0.1) is 0 Å². The third kappa shape index (κ3) is 4.38. The fraction of sp³-hybridized carbons (Fsp3) is 0.280.